The van der Waals surface area contributed by atoms with Crippen molar-refractivity contribution in [2.45, 2.75) is 63.3 Å². The maximum atomic E-state index is 11.8. The lowest BCUT2D eigenvalue weighted by Gasteiger charge is -2.38. The van der Waals surface area contributed by atoms with Crippen molar-refractivity contribution in [3.05, 3.63) is 17.8 Å². The molecule has 8 heteroatoms. The molecule has 2 rings (SSSR count). The van der Waals surface area contributed by atoms with Crippen molar-refractivity contribution in [1.29, 1.82) is 0 Å². The summed E-state index contributed by atoms with van der Waals surface area (Å²) in [5.41, 5.74) is 6.15. The van der Waals surface area contributed by atoms with E-state index in [1.807, 2.05) is 0 Å². The van der Waals surface area contributed by atoms with Crippen molar-refractivity contribution in [3.63, 3.8) is 0 Å². The van der Waals surface area contributed by atoms with Gasteiger partial charge in [0, 0.05) is 24.1 Å². The summed E-state index contributed by atoms with van der Waals surface area (Å²) in [6.45, 7) is 13.5. The second-order valence-corrected chi connectivity index (χ2v) is 15.5. The minimum Gasteiger partial charge on any atom is -0.481 e. The molecule has 28 heavy (non-hydrogen) atoms. The summed E-state index contributed by atoms with van der Waals surface area (Å²) in [6, 6.07) is 1.76. The van der Waals surface area contributed by atoms with Gasteiger partial charge in [0.25, 0.3) is 0 Å². The largest absolute Gasteiger partial charge is 0.481 e. The predicted octanol–water partition coefficient (Wildman–Crippen LogP) is 4.01. The lowest BCUT2D eigenvalue weighted by Crippen LogP contribution is -2.43. The monoisotopic (exact) mass is 419 g/mol. The molecule has 0 fully saturated rings. The minimum absolute atomic E-state index is 0.255. The Morgan fingerprint density at radius 3 is 2.07 bits per heavy atom. The highest BCUT2D eigenvalue weighted by Gasteiger charge is 2.41. The van der Waals surface area contributed by atoms with Crippen LogP contribution >= 0.6 is 0 Å². The lowest BCUT2D eigenvalue weighted by molar-refractivity contribution is 0.399. The van der Waals surface area contributed by atoms with Gasteiger partial charge >= 0.3 is 0 Å². The number of methoxy groups -OCH3 is 1. The van der Waals surface area contributed by atoms with Crippen LogP contribution in [0, 0.1) is 11.5 Å². The first-order chi connectivity index (χ1) is 12.9. The smallest absolute Gasteiger partial charge is 0.248 e. The summed E-state index contributed by atoms with van der Waals surface area (Å²) in [7, 11) is -3.94. The van der Waals surface area contributed by atoms with E-state index < -0.39 is 17.9 Å². The second kappa shape index (κ2) is 8.17. The maximum absolute atomic E-state index is 11.8. The second-order valence-electron chi connectivity index (χ2n) is 8.02. The average molecular weight is 420 g/mol. The third-order valence-electron chi connectivity index (χ3n) is 5.34. The van der Waals surface area contributed by atoms with Crippen molar-refractivity contribution in [2.75, 3.05) is 13.4 Å². The molecule has 2 aromatic heterocycles. The Balaban J connectivity index is 2.76. The summed E-state index contributed by atoms with van der Waals surface area (Å²) < 4.78 is 28.9. The van der Waals surface area contributed by atoms with Gasteiger partial charge in [0.15, 0.2) is 5.65 Å². The number of nitrogens with zero attached hydrogens (tertiary/aromatic N) is 3. The van der Waals surface area contributed by atoms with Crippen LogP contribution in [0.5, 0.6) is 5.88 Å². The molecule has 0 spiro atoms. The Bertz CT molecular complexity index is 1020. The number of pyridine rings is 1. The van der Waals surface area contributed by atoms with E-state index in [0.29, 0.717) is 33.5 Å². The number of fused-ring (bicyclic) bond motifs is 1. The van der Waals surface area contributed by atoms with Crippen LogP contribution in [-0.4, -0.2) is 44.8 Å². The molecule has 0 saturated heterocycles. The summed E-state index contributed by atoms with van der Waals surface area (Å²) in [5, 5.41) is 0.370. The molecule has 2 heterocycles. The predicted molar refractivity (Wildman–Crippen MR) is 115 cm³/mol. The fourth-order valence-corrected chi connectivity index (χ4v) is 9.68. The topological polar surface area (TPSA) is 82.0 Å². The van der Waals surface area contributed by atoms with Crippen molar-refractivity contribution in [2.24, 2.45) is 0 Å². The highest BCUT2D eigenvalue weighted by molar-refractivity contribution is 7.90. The van der Waals surface area contributed by atoms with E-state index in [1.54, 1.807) is 6.07 Å². The van der Waals surface area contributed by atoms with Crippen LogP contribution in [0.15, 0.2) is 17.4 Å². The zero-order valence-corrected chi connectivity index (χ0v) is 19.7. The number of aromatic nitrogens is 3. The van der Waals surface area contributed by atoms with E-state index in [1.165, 1.54) is 13.3 Å². The van der Waals surface area contributed by atoms with Crippen LogP contribution in [0.4, 0.5) is 0 Å². The maximum Gasteiger partial charge on any atom is 0.248 e. The number of sulfone groups is 1. The molecule has 152 valence electrons. The fourth-order valence-electron chi connectivity index (χ4n) is 3.97. The van der Waals surface area contributed by atoms with Gasteiger partial charge in [-0.15, -0.1) is 5.54 Å². The molecule has 0 unspecified atom stereocenters. The molecule has 2 aromatic rings. The standard InChI is InChI=1S/C20H29N3O3SSi/c1-13(2)28(14(3)4,15(5)6)10-9-16-11-18(26-7)22-19-17(16)12-21-20(23-19)27(8,24)25/h11-15H,1-8H3. The van der Waals surface area contributed by atoms with Crippen molar-refractivity contribution in [1.82, 2.24) is 15.0 Å². The summed E-state index contributed by atoms with van der Waals surface area (Å²) in [6.07, 6.45) is 2.56. The zero-order chi connectivity index (χ0) is 21.3. The lowest BCUT2D eigenvalue weighted by atomic mass is 10.2. The van der Waals surface area contributed by atoms with Gasteiger partial charge in [-0.25, -0.2) is 13.4 Å². The van der Waals surface area contributed by atoms with Crippen molar-refractivity contribution >= 4 is 28.9 Å². The van der Waals surface area contributed by atoms with E-state index in [9.17, 15) is 8.42 Å². The minimum atomic E-state index is -3.53. The van der Waals surface area contributed by atoms with Gasteiger partial charge in [-0.3, -0.25) is 0 Å². The third kappa shape index (κ3) is 4.20. The van der Waals surface area contributed by atoms with Gasteiger partial charge in [-0.05, 0) is 16.6 Å². The number of ether oxygens (including phenoxy) is 1. The molecule has 0 N–H and O–H groups in total. The molecule has 0 aliphatic carbocycles. The van der Waals surface area contributed by atoms with Crippen molar-refractivity contribution in [3.8, 4) is 17.3 Å². The van der Waals surface area contributed by atoms with Crippen LogP contribution in [0.25, 0.3) is 11.0 Å². The summed E-state index contributed by atoms with van der Waals surface area (Å²) in [4.78, 5) is 12.4. The molecule has 0 saturated carbocycles. The molecule has 0 aromatic carbocycles. The fraction of sp³-hybridized carbons (Fsp3) is 0.550. The first-order valence-corrected chi connectivity index (χ1v) is 13.5. The van der Waals surface area contributed by atoms with Gasteiger partial charge in [0.1, 0.15) is 8.07 Å². The Morgan fingerprint density at radius 2 is 1.61 bits per heavy atom. The molecular weight excluding hydrogens is 390 g/mol. The van der Waals surface area contributed by atoms with Crippen LogP contribution in [0.2, 0.25) is 16.6 Å². The van der Waals surface area contributed by atoms with Gasteiger partial charge in [0.05, 0.1) is 12.5 Å². The molecule has 0 amide bonds. The molecule has 0 radical (unpaired) electrons. The molecule has 0 aliphatic heterocycles. The Morgan fingerprint density at radius 1 is 1.04 bits per heavy atom. The zero-order valence-electron chi connectivity index (χ0n) is 17.9. The average Bonchev–Trinajstić information content (AvgIpc) is 2.59. The number of hydrogen-bond donors (Lipinski definition) is 0. The van der Waals surface area contributed by atoms with Crippen LogP contribution in [0.1, 0.15) is 47.1 Å². The Labute approximate surface area is 169 Å². The van der Waals surface area contributed by atoms with Crippen LogP contribution in [-0.2, 0) is 9.84 Å². The van der Waals surface area contributed by atoms with Gasteiger partial charge in [-0.1, -0.05) is 47.5 Å². The molecule has 0 aliphatic rings. The van der Waals surface area contributed by atoms with Crippen LogP contribution < -0.4 is 4.74 Å². The van der Waals surface area contributed by atoms with E-state index in [-0.39, 0.29) is 10.8 Å². The van der Waals surface area contributed by atoms with Crippen LogP contribution in [0.3, 0.4) is 0 Å². The number of hydrogen-bond acceptors (Lipinski definition) is 6. The Kier molecular flexibility index (Phi) is 6.51. The van der Waals surface area contributed by atoms with E-state index in [0.717, 1.165) is 6.26 Å². The molecule has 0 atom stereocenters. The van der Waals surface area contributed by atoms with Crippen molar-refractivity contribution < 1.29 is 13.2 Å². The van der Waals surface area contributed by atoms with Gasteiger partial charge in [-0.2, -0.15) is 9.97 Å². The first-order valence-electron chi connectivity index (χ1n) is 9.38. The highest BCUT2D eigenvalue weighted by atomic mass is 32.2. The van der Waals surface area contributed by atoms with E-state index in [4.69, 9.17) is 4.74 Å². The molecule has 6 nitrogen and oxygen atoms in total. The number of rotatable bonds is 5. The van der Waals surface area contributed by atoms with Gasteiger partial charge in [0.2, 0.25) is 20.9 Å². The normalized spacial score (nSPS) is 12.5. The van der Waals surface area contributed by atoms with Gasteiger partial charge < -0.3 is 4.74 Å². The SMILES string of the molecule is COc1cc(C#C[Si](C(C)C)(C(C)C)C(C)C)c2cnc(S(C)(=O)=O)nc2n1. The van der Waals surface area contributed by atoms with E-state index in [2.05, 4.69) is 68.0 Å². The summed E-state index contributed by atoms with van der Waals surface area (Å²) >= 11 is 0. The summed E-state index contributed by atoms with van der Waals surface area (Å²) in [5.74, 6) is 3.72. The highest BCUT2D eigenvalue weighted by Crippen LogP contribution is 2.40. The quantitative estimate of drug-likeness (QED) is 0.414. The molecular formula is C20H29N3O3SSi. The molecule has 0 bridgehead atoms. The Hall–Kier alpha value is -1.98. The van der Waals surface area contributed by atoms with E-state index >= 15 is 0 Å². The first kappa shape index (κ1) is 22.3. The third-order valence-corrected chi connectivity index (χ3v) is 12.5.